The molecule has 0 aliphatic carbocycles. The number of phosphoric ester groups is 1. The molecule has 21 nitrogen and oxygen atoms in total. The number of ether oxygens (including phenoxy) is 2. The van der Waals surface area contributed by atoms with E-state index in [0.717, 1.165) is 33.5 Å². The van der Waals surface area contributed by atoms with Crippen LogP contribution in [0.3, 0.4) is 0 Å². The second-order valence-corrected chi connectivity index (χ2v) is 14.3. The zero-order valence-electron chi connectivity index (χ0n) is 26.7. The van der Waals surface area contributed by atoms with Crippen LogP contribution in [0.4, 0.5) is 0 Å². The Bertz CT molecular complexity index is 1850. The molecule has 1 amide bonds. The number of aliphatic hydroxyl groups is 6. The number of hydrogen-bond donors (Lipinski definition) is 11. The van der Waals surface area contributed by atoms with Crippen LogP contribution in [0.1, 0.15) is 11.8 Å². The predicted molar refractivity (Wildman–Crippen MR) is 174 cm³/mol. The van der Waals surface area contributed by atoms with Gasteiger partial charge in [0.25, 0.3) is 5.56 Å². The van der Waals surface area contributed by atoms with Gasteiger partial charge in [-0.05, 0) is 16.7 Å². The summed E-state index contributed by atoms with van der Waals surface area (Å²) in [4.78, 5) is 62.9. The third-order valence-electron chi connectivity index (χ3n) is 7.73. The van der Waals surface area contributed by atoms with Gasteiger partial charge in [0.1, 0.15) is 42.7 Å². The molecule has 11 N–H and O–H groups in total. The average molecular weight is 778 g/mol. The molecule has 2 aliphatic rings. The van der Waals surface area contributed by atoms with E-state index in [2.05, 4.69) is 14.2 Å². The molecule has 23 heteroatoms. The molecule has 0 saturated carbocycles. The Morgan fingerprint density at radius 3 is 2.04 bits per heavy atom. The first-order valence-corrected chi connectivity index (χ1v) is 18.2. The quantitative estimate of drug-likeness (QED) is 0.0876. The summed E-state index contributed by atoms with van der Waals surface area (Å²) in [7, 11) is -10.5. The SMILES string of the molecule is O=C(Cc1ccc(-c2ccccc2)cc1)N[C@H]1C(O)O[C@H](CO)[C@@H](O)[C@@H]1O.O=c1ccn([C@@H]2O[C@H](COP(=O)(O)OP(=O)(O)O)[C@@H](O)[C@H]2O)c(=O)[nH]1. The number of aromatic nitrogens is 2. The number of hydrogen-bond acceptors (Lipinski definition) is 15. The van der Waals surface area contributed by atoms with Crippen LogP contribution in [0, 0.1) is 0 Å². The zero-order chi connectivity index (χ0) is 38.4. The minimum Gasteiger partial charge on any atom is -0.394 e. The maximum absolute atomic E-state index is 12.3. The van der Waals surface area contributed by atoms with E-state index in [4.69, 9.17) is 29.3 Å². The van der Waals surface area contributed by atoms with Gasteiger partial charge in [-0.2, -0.15) is 4.31 Å². The molecule has 52 heavy (non-hydrogen) atoms. The first-order valence-electron chi connectivity index (χ1n) is 15.2. The molecular weight excluding hydrogens is 740 g/mol. The highest BCUT2D eigenvalue weighted by Gasteiger charge is 2.46. The Morgan fingerprint density at radius 1 is 0.827 bits per heavy atom. The molecule has 2 saturated heterocycles. The Labute approximate surface area is 293 Å². The molecule has 286 valence electrons. The fraction of sp³-hybridized carbons (Fsp3) is 0.414. The van der Waals surface area contributed by atoms with Crippen molar-refractivity contribution in [2.24, 2.45) is 0 Å². The Morgan fingerprint density at radius 2 is 1.44 bits per heavy atom. The predicted octanol–water partition coefficient (Wildman–Crippen LogP) is -2.81. The van der Waals surface area contributed by atoms with E-state index in [9.17, 15) is 49.0 Å². The highest BCUT2D eigenvalue weighted by Crippen LogP contribution is 2.57. The first-order chi connectivity index (χ1) is 24.4. The van der Waals surface area contributed by atoms with E-state index in [1.807, 2.05) is 59.6 Å². The fourth-order valence-electron chi connectivity index (χ4n) is 5.17. The molecule has 3 heterocycles. The summed E-state index contributed by atoms with van der Waals surface area (Å²) in [5.41, 5.74) is 1.23. The lowest BCUT2D eigenvalue weighted by Crippen LogP contribution is -2.64. The van der Waals surface area contributed by atoms with Crippen LogP contribution in [0.5, 0.6) is 0 Å². The van der Waals surface area contributed by atoms with Crippen molar-refractivity contribution < 1.29 is 77.6 Å². The van der Waals surface area contributed by atoms with Crippen molar-refractivity contribution in [2.75, 3.05) is 13.2 Å². The lowest BCUT2D eigenvalue weighted by Gasteiger charge is -2.40. The van der Waals surface area contributed by atoms with Crippen molar-refractivity contribution in [3.05, 3.63) is 93.3 Å². The third-order valence-corrected chi connectivity index (χ3v) is 9.88. The van der Waals surface area contributed by atoms with Crippen LogP contribution >= 0.6 is 15.6 Å². The molecule has 2 unspecified atom stereocenters. The molecule has 5 rings (SSSR count). The summed E-state index contributed by atoms with van der Waals surface area (Å²) in [6.07, 6.45) is -10.7. The van der Waals surface area contributed by atoms with Gasteiger partial charge in [0.15, 0.2) is 12.5 Å². The van der Waals surface area contributed by atoms with Crippen molar-refractivity contribution in [3.8, 4) is 11.1 Å². The van der Waals surface area contributed by atoms with Gasteiger partial charge in [-0.15, -0.1) is 0 Å². The largest absolute Gasteiger partial charge is 0.481 e. The highest BCUT2D eigenvalue weighted by molar-refractivity contribution is 7.60. The second-order valence-electron chi connectivity index (χ2n) is 11.5. The van der Waals surface area contributed by atoms with Gasteiger partial charge >= 0.3 is 21.3 Å². The zero-order valence-corrected chi connectivity index (χ0v) is 28.5. The second kappa shape index (κ2) is 17.6. The number of amides is 1. The van der Waals surface area contributed by atoms with Crippen LogP contribution < -0.4 is 16.6 Å². The molecule has 1 aromatic heterocycles. The molecule has 10 atom stereocenters. The van der Waals surface area contributed by atoms with E-state index < -0.39 is 101 Å². The average Bonchev–Trinajstić information content (AvgIpc) is 3.36. The first kappa shape index (κ1) is 41.3. The minimum atomic E-state index is -5.32. The smallest absolute Gasteiger partial charge is 0.394 e. The molecule has 2 aromatic carbocycles. The summed E-state index contributed by atoms with van der Waals surface area (Å²) in [6.45, 7) is -1.45. The molecule has 2 aliphatic heterocycles. The van der Waals surface area contributed by atoms with Gasteiger partial charge in [0.05, 0.1) is 19.6 Å². The van der Waals surface area contributed by atoms with E-state index in [-0.39, 0.29) is 6.42 Å². The number of nitrogens with one attached hydrogen (secondary N) is 2. The molecule has 0 spiro atoms. The molecule has 0 radical (unpaired) electrons. The molecule has 0 bridgehead atoms. The summed E-state index contributed by atoms with van der Waals surface area (Å²) < 4.78 is 40.7. The highest BCUT2D eigenvalue weighted by atomic mass is 31.3. The summed E-state index contributed by atoms with van der Waals surface area (Å²) >= 11 is 0. The number of phosphoric acid groups is 2. The summed E-state index contributed by atoms with van der Waals surface area (Å²) in [5, 5.41) is 61.2. The van der Waals surface area contributed by atoms with Crippen LogP contribution in [0.2, 0.25) is 0 Å². The van der Waals surface area contributed by atoms with Crippen LogP contribution in [-0.2, 0) is 38.7 Å². The van der Waals surface area contributed by atoms with Gasteiger partial charge in [0.2, 0.25) is 5.91 Å². The third kappa shape index (κ3) is 11.0. The van der Waals surface area contributed by atoms with Crippen LogP contribution in [0.15, 0.2) is 76.4 Å². The number of nitrogens with zero attached hydrogens (tertiary/aromatic N) is 1. The Balaban J connectivity index is 0.000000234. The van der Waals surface area contributed by atoms with E-state index in [1.165, 1.54) is 0 Å². The summed E-state index contributed by atoms with van der Waals surface area (Å²) in [6, 6.07) is 17.1. The van der Waals surface area contributed by atoms with Gasteiger partial charge < -0.3 is 60.1 Å². The normalized spacial score (nSPS) is 28.7. The van der Waals surface area contributed by atoms with Crippen molar-refractivity contribution in [1.82, 2.24) is 14.9 Å². The van der Waals surface area contributed by atoms with E-state index >= 15 is 0 Å². The molecule has 2 fully saturated rings. The number of rotatable bonds is 11. The van der Waals surface area contributed by atoms with Crippen molar-refractivity contribution in [1.29, 1.82) is 0 Å². The Kier molecular flexibility index (Phi) is 14.0. The lowest BCUT2D eigenvalue weighted by molar-refractivity contribution is -0.253. The van der Waals surface area contributed by atoms with E-state index in [0.29, 0.717) is 0 Å². The number of H-pyrrole nitrogens is 1. The van der Waals surface area contributed by atoms with Gasteiger partial charge in [-0.25, -0.2) is 13.9 Å². The van der Waals surface area contributed by atoms with Crippen molar-refractivity contribution >= 4 is 21.6 Å². The van der Waals surface area contributed by atoms with Crippen LogP contribution in [0.25, 0.3) is 11.1 Å². The maximum atomic E-state index is 12.3. The number of carbonyl (C=O) groups is 1. The maximum Gasteiger partial charge on any atom is 0.481 e. The minimum absolute atomic E-state index is 0.0462. The van der Waals surface area contributed by atoms with Crippen LogP contribution in [-0.4, -0.2) is 123 Å². The topological polar surface area (TPSA) is 337 Å². The molecule has 3 aromatic rings. The monoisotopic (exact) mass is 777 g/mol. The van der Waals surface area contributed by atoms with Crippen molar-refractivity contribution in [2.45, 2.75) is 61.6 Å². The number of benzene rings is 2. The summed E-state index contributed by atoms with van der Waals surface area (Å²) in [5.74, 6) is -0.427. The molecular formula is C29H37N3O18P2. The standard InChI is InChI=1S/C20H23NO6.C9H14N2O12P2/c22-11-15-18(24)19(25)17(20(26)27-15)21-16(23)10-12-6-8-14(9-7-12)13-4-2-1-3-5-13;12-5-1-2-11(9(15)10-5)8-7(14)6(13)4(22-8)3-21-25(19,20)23-24(16,17)18/h1-9,15,17-20,22,24-26H,10-11H2,(H,21,23);1-2,4,6-8,13-14H,3H2,(H,19,20)(H,10,12,15)(H2,16,17,18)/t15-,17-,18-,19-,20?;4-,6-,7-,8-/m11/s1. The van der Waals surface area contributed by atoms with Gasteiger partial charge in [0, 0.05) is 12.3 Å². The number of aliphatic hydroxyl groups excluding tert-OH is 6. The number of carbonyl (C=O) groups excluding carboxylic acids is 1. The fourth-order valence-corrected chi connectivity index (χ4v) is 6.77. The van der Waals surface area contributed by atoms with Gasteiger partial charge in [-0.3, -0.25) is 23.7 Å². The van der Waals surface area contributed by atoms with Gasteiger partial charge in [-0.1, -0.05) is 54.6 Å². The Hall–Kier alpha value is -3.47. The number of aromatic amines is 1. The lowest BCUT2D eigenvalue weighted by atomic mass is 9.96. The van der Waals surface area contributed by atoms with E-state index in [1.54, 1.807) is 0 Å². The van der Waals surface area contributed by atoms with Crippen molar-refractivity contribution in [3.63, 3.8) is 0 Å².